The van der Waals surface area contributed by atoms with Gasteiger partial charge in [0.2, 0.25) is 5.56 Å². The van der Waals surface area contributed by atoms with Crippen LogP contribution in [0.2, 0.25) is 0 Å². The van der Waals surface area contributed by atoms with Crippen LogP contribution in [0.25, 0.3) is 10.9 Å². The number of hydrogen-bond acceptors (Lipinski definition) is 3. The Kier molecular flexibility index (Phi) is 4.70. The number of benzene rings is 1. The molecule has 24 heavy (non-hydrogen) atoms. The van der Waals surface area contributed by atoms with E-state index in [0.29, 0.717) is 24.9 Å². The smallest absolute Gasteiger partial charge is 0.251 e. The lowest BCUT2D eigenvalue weighted by Crippen LogP contribution is -2.27. The molecule has 1 aromatic carbocycles. The molecule has 2 N–H and O–H groups in total. The van der Waals surface area contributed by atoms with Crippen molar-refractivity contribution in [2.45, 2.75) is 19.8 Å². The third-order valence-electron chi connectivity index (χ3n) is 3.87. The van der Waals surface area contributed by atoms with Gasteiger partial charge in [-0.3, -0.25) is 14.6 Å². The van der Waals surface area contributed by atoms with Crippen LogP contribution < -0.4 is 10.9 Å². The van der Waals surface area contributed by atoms with Crippen molar-refractivity contribution in [1.82, 2.24) is 15.3 Å². The minimum Gasteiger partial charge on any atom is -0.352 e. The molecule has 5 nitrogen and oxygen atoms in total. The lowest BCUT2D eigenvalue weighted by atomic mass is 10.1. The highest BCUT2D eigenvalue weighted by Crippen LogP contribution is 2.11. The monoisotopic (exact) mass is 321 g/mol. The van der Waals surface area contributed by atoms with Gasteiger partial charge >= 0.3 is 0 Å². The molecule has 0 fully saturated rings. The van der Waals surface area contributed by atoms with Gasteiger partial charge in [0.15, 0.2) is 0 Å². The van der Waals surface area contributed by atoms with Gasteiger partial charge in [-0.05, 0) is 24.6 Å². The van der Waals surface area contributed by atoms with E-state index in [1.165, 1.54) is 6.07 Å². The van der Waals surface area contributed by atoms with Crippen LogP contribution in [0.1, 0.15) is 28.7 Å². The van der Waals surface area contributed by atoms with E-state index in [1.54, 1.807) is 6.07 Å². The summed E-state index contributed by atoms with van der Waals surface area (Å²) in [6.45, 7) is 2.40. The molecule has 0 aliphatic heterocycles. The quantitative estimate of drug-likeness (QED) is 0.758. The summed E-state index contributed by atoms with van der Waals surface area (Å²) in [7, 11) is 0. The van der Waals surface area contributed by atoms with Gasteiger partial charge in [-0.2, -0.15) is 0 Å². The molecule has 2 heterocycles. The number of H-pyrrole nitrogens is 1. The van der Waals surface area contributed by atoms with Crippen LogP contribution in [0.3, 0.4) is 0 Å². The predicted octanol–water partition coefficient (Wildman–Crippen LogP) is 2.46. The Bertz CT molecular complexity index is 931. The molecule has 0 bridgehead atoms. The van der Waals surface area contributed by atoms with Crippen LogP contribution in [0.15, 0.2) is 53.3 Å². The number of amides is 1. The van der Waals surface area contributed by atoms with Crippen LogP contribution >= 0.6 is 0 Å². The number of pyridine rings is 2. The minimum atomic E-state index is -0.254. The Morgan fingerprint density at radius 3 is 2.83 bits per heavy atom. The fourth-order valence-corrected chi connectivity index (χ4v) is 2.58. The first-order chi connectivity index (χ1) is 11.7. The van der Waals surface area contributed by atoms with E-state index < -0.39 is 0 Å². The number of aryl methyl sites for hydroxylation is 1. The Labute approximate surface area is 139 Å². The topological polar surface area (TPSA) is 74.8 Å². The van der Waals surface area contributed by atoms with E-state index in [9.17, 15) is 9.59 Å². The van der Waals surface area contributed by atoms with Crippen molar-refractivity contribution in [1.29, 1.82) is 0 Å². The largest absolute Gasteiger partial charge is 0.352 e. The van der Waals surface area contributed by atoms with Crippen molar-refractivity contribution in [3.63, 3.8) is 0 Å². The average molecular weight is 321 g/mol. The molecule has 0 radical (unpaired) electrons. The van der Waals surface area contributed by atoms with E-state index >= 15 is 0 Å². The first-order valence-corrected chi connectivity index (χ1v) is 8.02. The number of nitrogens with one attached hydrogen (secondary N) is 2. The van der Waals surface area contributed by atoms with Gasteiger partial charge < -0.3 is 10.3 Å². The van der Waals surface area contributed by atoms with E-state index in [1.807, 2.05) is 43.3 Å². The summed E-state index contributed by atoms with van der Waals surface area (Å²) in [4.78, 5) is 31.0. The second kappa shape index (κ2) is 7.08. The van der Waals surface area contributed by atoms with Crippen molar-refractivity contribution in [3.05, 3.63) is 75.8 Å². The lowest BCUT2D eigenvalue weighted by molar-refractivity contribution is 0.0953. The van der Waals surface area contributed by atoms with Crippen molar-refractivity contribution in [2.75, 3.05) is 6.54 Å². The van der Waals surface area contributed by atoms with E-state index in [4.69, 9.17) is 0 Å². The van der Waals surface area contributed by atoms with Crippen LogP contribution in [0, 0.1) is 0 Å². The molecule has 0 atom stereocenters. The van der Waals surface area contributed by atoms with Crippen molar-refractivity contribution in [3.8, 4) is 0 Å². The summed E-state index contributed by atoms with van der Waals surface area (Å²) in [5.41, 5.74) is 2.76. The van der Waals surface area contributed by atoms with E-state index in [2.05, 4.69) is 15.3 Å². The zero-order chi connectivity index (χ0) is 16.9. The molecule has 0 saturated heterocycles. The first kappa shape index (κ1) is 15.9. The summed E-state index contributed by atoms with van der Waals surface area (Å²) in [6.07, 6.45) is 1.32. The molecule has 0 aliphatic carbocycles. The molecule has 5 heteroatoms. The van der Waals surface area contributed by atoms with Crippen molar-refractivity contribution in [2.24, 2.45) is 0 Å². The second-order valence-electron chi connectivity index (χ2n) is 5.61. The SMILES string of the molecule is CCc1cc(C(=O)NCCc2ccc3ccccc3n2)cc(=O)[nH]1. The van der Waals surface area contributed by atoms with Gasteiger partial charge in [0.05, 0.1) is 5.52 Å². The predicted molar refractivity (Wildman–Crippen MR) is 94.2 cm³/mol. The summed E-state index contributed by atoms with van der Waals surface area (Å²) < 4.78 is 0. The van der Waals surface area contributed by atoms with Crippen LogP contribution in [-0.4, -0.2) is 22.4 Å². The van der Waals surface area contributed by atoms with Gasteiger partial charge in [0, 0.05) is 41.4 Å². The first-order valence-electron chi connectivity index (χ1n) is 8.02. The number of hydrogen-bond donors (Lipinski definition) is 2. The summed E-state index contributed by atoms with van der Waals surface area (Å²) in [6, 6.07) is 15.0. The molecule has 1 amide bonds. The van der Waals surface area contributed by atoms with Crippen molar-refractivity contribution < 1.29 is 4.79 Å². The normalized spacial score (nSPS) is 10.7. The highest BCUT2D eigenvalue weighted by Gasteiger charge is 2.08. The number of aromatic nitrogens is 2. The number of fused-ring (bicyclic) bond motifs is 1. The third-order valence-corrected chi connectivity index (χ3v) is 3.87. The summed E-state index contributed by atoms with van der Waals surface area (Å²) >= 11 is 0. The average Bonchev–Trinajstić information content (AvgIpc) is 2.61. The molecule has 0 unspecified atom stereocenters. The number of nitrogens with zero attached hydrogens (tertiary/aromatic N) is 1. The summed E-state index contributed by atoms with van der Waals surface area (Å²) in [5.74, 6) is -0.239. The fourth-order valence-electron chi connectivity index (χ4n) is 2.58. The summed E-state index contributed by atoms with van der Waals surface area (Å²) in [5, 5.41) is 3.94. The number of carbonyl (C=O) groups excluding carboxylic acids is 1. The number of para-hydroxylation sites is 1. The Morgan fingerprint density at radius 1 is 1.17 bits per heavy atom. The van der Waals surface area contributed by atoms with Gasteiger partial charge in [0.25, 0.3) is 5.91 Å². The zero-order valence-corrected chi connectivity index (χ0v) is 13.5. The Morgan fingerprint density at radius 2 is 2.00 bits per heavy atom. The van der Waals surface area contributed by atoms with Gasteiger partial charge in [-0.15, -0.1) is 0 Å². The molecule has 122 valence electrons. The number of aromatic amines is 1. The fraction of sp³-hybridized carbons (Fsp3) is 0.211. The van der Waals surface area contributed by atoms with E-state index in [-0.39, 0.29) is 11.5 Å². The Balaban J connectivity index is 1.63. The highest BCUT2D eigenvalue weighted by atomic mass is 16.2. The lowest BCUT2D eigenvalue weighted by Gasteiger charge is -2.07. The maximum absolute atomic E-state index is 12.2. The van der Waals surface area contributed by atoms with Gasteiger partial charge in [0.1, 0.15) is 0 Å². The molecular formula is C19H19N3O2. The third kappa shape index (κ3) is 3.68. The number of rotatable bonds is 5. The zero-order valence-electron chi connectivity index (χ0n) is 13.5. The van der Waals surface area contributed by atoms with Crippen LogP contribution in [0.5, 0.6) is 0 Å². The van der Waals surface area contributed by atoms with Crippen molar-refractivity contribution >= 4 is 16.8 Å². The Hall–Kier alpha value is -2.95. The molecular weight excluding hydrogens is 302 g/mol. The van der Waals surface area contributed by atoms with Crippen LogP contribution in [0.4, 0.5) is 0 Å². The minimum absolute atomic E-state index is 0.239. The van der Waals surface area contributed by atoms with Gasteiger partial charge in [-0.25, -0.2) is 0 Å². The maximum atomic E-state index is 12.2. The molecule has 0 aliphatic rings. The molecule has 0 spiro atoms. The molecule has 3 aromatic rings. The molecule has 3 rings (SSSR count). The van der Waals surface area contributed by atoms with E-state index in [0.717, 1.165) is 22.3 Å². The number of carbonyl (C=O) groups is 1. The van der Waals surface area contributed by atoms with Crippen LogP contribution in [-0.2, 0) is 12.8 Å². The maximum Gasteiger partial charge on any atom is 0.251 e. The standard InChI is InChI=1S/C19H19N3O2/c1-2-15-11-14(12-18(23)22-15)19(24)20-10-9-16-8-7-13-5-3-4-6-17(13)21-16/h3-8,11-12H,2,9-10H2,1H3,(H,20,24)(H,22,23). The highest BCUT2D eigenvalue weighted by molar-refractivity contribution is 5.94. The molecule has 0 saturated carbocycles. The second-order valence-corrected chi connectivity index (χ2v) is 5.61. The molecule has 2 aromatic heterocycles. The van der Waals surface area contributed by atoms with Gasteiger partial charge in [-0.1, -0.05) is 31.2 Å².